The number of ether oxygens (including phenoxy) is 1. The molecule has 2 aromatic heterocycles. The summed E-state index contributed by atoms with van der Waals surface area (Å²) in [4.78, 5) is 17.0. The second kappa shape index (κ2) is 7.61. The number of carbonyl (C=O) groups is 1. The van der Waals surface area contributed by atoms with Crippen LogP contribution < -0.4 is 15.8 Å². The van der Waals surface area contributed by atoms with E-state index in [1.54, 1.807) is 24.3 Å². The van der Waals surface area contributed by atoms with Crippen molar-refractivity contribution in [1.29, 1.82) is 5.26 Å². The minimum atomic E-state index is -0.271. The maximum Gasteiger partial charge on any atom is 0.257 e. The summed E-state index contributed by atoms with van der Waals surface area (Å²) in [6, 6.07) is 14.4. The van der Waals surface area contributed by atoms with Crippen LogP contribution in [-0.4, -0.2) is 27.3 Å². The molecule has 0 radical (unpaired) electrons. The zero-order chi connectivity index (χ0) is 20.4. The Balaban J connectivity index is 1.52. The Bertz CT molecular complexity index is 1240. The van der Waals surface area contributed by atoms with E-state index in [1.165, 1.54) is 22.2 Å². The molecule has 4 aromatic rings. The Kier molecular flexibility index (Phi) is 4.85. The van der Waals surface area contributed by atoms with Crippen LogP contribution in [0.5, 0.6) is 5.75 Å². The lowest BCUT2D eigenvalue weighted by Gasteiger charge is -2.06. The lowest BCUT2D eigenvalue weighted by Crippen LogP contribution is -2.12. The van der Waals surface area contributed by atoms with Crippen molar-refractivity contribution in [2.45, 2.75) is 6.92 Å². The Hall–Kier alpha value is -3.90. The third-order valence-electron chi connectivity index (χ3n) is 4.19. The zero-order valence-corrected chi connectivity index (χ0v) is 16.2. The molecule has 2 aromatic carbocycles. The van der Waals surface area contributed by atoms with Crippen LogP contribution in [0.25, 0.3) is 15.9 Å². The maximum atomic E-state index is 12.6. The molecule has 3 N–H and O–H groups in total. The number of nitrogen functional groups attached to an aromatic ring is 1. The molecule has 0 atom stereocenters. The predicted octanol–water partition coefficient (Wildman–Crippen LogP) is 3.59. The van der Waals surface area contributed by atoms with E-state index in [2.05, 4.69) is 15.4 Å². The fraction of sp³-hybridized carbons (Fsp3) is 0.100. The average molecular weight is 404 g/mol. The van der Waals surface area contributed by atoms with Crippen LogP contribution in [0.3, 0.4) is 0 Å². The van der Waals surface area contributed by atoms with Gasteiger partial charge in [-0.15, -0.1) is 0 Å². The van der Waals surface area contributed by atoms with Crippen LogP contribution >= 0.6 is 11.3 Å². The molecule has 0 aliphatic carbocycles. The minimum Gasteiger partial charge on any atom is -0.494 e. The van der Waals surface area contributed by atoms with Gasteiger partial charge in [0.2, 0.25) is 0 Å². The summed E-state index contributed by atoms with van der Waals surface area (Å²) in [5, 5.41) is 16.4. The quantitative estimate of drug-likeness (QED) is 0.525. The van der Waals surface area contributed by atoms with Crippen LogP contribution in [0.4, 0.5) is 10.9 Å². The second-order valence-corrected chi connectivity index (χ2v) is 7.08. The predicted molar refractivity (Wildman–Crippen MR) is 111 cm³/mol. The van der Waals surface area contributed by atoms with Crippen molar-refractivity contribution < 1.29 is 9.53 Å². The molecule has 4 rings (SSSR count). The standard InChI is InChI=1S/C20H16N6O2S/c1-2-28-15-7-8-16-17(9-15)29-20(24-16)25-19(27)12-3-5-14(6-4-12)26-18(22)13(10-21)11-23-26/h3-9,11H,2,22H2,1H3,(H,24,25,27). The van der Waals surface area contributed by atoms with Gasteiger partial charge in [0.15, 0.2) is 5.13 Å². The zero-order valence-electron chi connectivity index (χ0n) is 15.4. The molecule has 0 aliphatic rings. The molecule has 0 spiro atoms. The first-order chi connectivity index (χ1) is 14.1. The highest BCUT2D eigenvalue weighted by molar-refractivity contribution is 7.22. The third-order valence-corrected chi connectivity index (χ3v) is 5.13. The number of nitrogens with two attached hydrogens (primary N) is 1. The van der Waals surface area contributed by atoms with Crippen molar-refractivity contribution in [2.75, 3.05) is 17.7 Å². The number of amides is 1. The van der Waals surface area contributed by atoms with E-state index in [4.69, 9.17) is 15.7 Å². The average Bonchev–Trinajstić information content (AvgIpc) is 3.30. The summed E-state index contributed by atoms with van der Waals surface area (Å²) in [6.45, 7) is 2.52. The van der Waals surface area contributed by atoms with Gasteiger partial charge in [-0.3, -0.25) is 10.1 Å². The van der Waals surface area contributed by atoms with Crippen molar-refractivity contribution in [3.8, 4) is 17.5 Å². The molecule has 144 valence electrons. The van der Waals surface area contributed by atoms with Crippen LogP contribution in [0.15, 0.2) is 48.7 Å². The van der Waals surface area contributed by atoms with Gasteiger partial charge in [-0.1, -0.05) is 11.3 Å². The van der Waals surface area contributed by atoms with Gasteiger partial charge in [0.05, 0.1) is 28.7 Å². The number of fused-ring (bicyclic) bond motifs is 1. The molecule has 8 nitrogen and oxygen atoms in total. The molecule has 9 heteroatoms. The topological polar surface area (TPSA) is 119 Å². The van der Waals surface area contributed by atoms with Gasteiger partial charge in [-0.25, -0.2) is 9.67 Å². The number of nitrogens with zero attached hydrogens (tertiary/aromatic N) is 4. The molecule has 2 heterocycles. The molecule has 0 saturated heterocycles. The van der Waals surface area contributed by atoms with Crippen molar-refractivity contribution in [3.05, 3.63) is 59.8 Å². The minimum absolute atomic E-state index is 0.255. The van der Waals surface area contributed by atoms with Crippen molar-refractivity contribution in [2.24, 2.45) is 0 Å². The first-order valence-corrected chi connectivity index (χ1v) is 9.59. The number of hydrogen-bond donors (Lipinski definition) is 2. The van der Waals surface area contributed by atoms with E-state index in [-0.39, 0.29) is 11.7 Å². The maximum absolute atomic E-state index is 12.6. The smallest absolute Gasteiger partial charge is 0.257 e. The molecule has 0 unspecified atom stereocenters. The molecule has 0 bridgehead atoms. The molecule has 0 fully saturated rings. The summed E-state index contributed by atoms with van der Waals surface area (Å²) in [7, 11) is 0. The highest BCUT2D eigenvalue weighted by Crippen LogP contribution is 2.29. The lowest BCUT2D eigenvalue weighted by atomic mass is 10.2. The first-order valence-electron chi connectivity index (χ1n) is 8.78. The summed E-state index contributed by atoms with van der Waals surface area (Å²) >= 11 is 1.38. The first kappa shape index (κ1) is 18.5. The van der Waals surface area contributed by atoms with E-state index >= 15 is 0 Å². The van der Waals surface area contributed by atoms with Gasteiger partial charge in [0.25, 0.3) is 5.91 Å². The SMILES string of the molecule is CCOc1ccc2nc(NC(=O)c3ccc(-n4ncc(C#N)c4N)cc3)sc2c1. The number of thiazole rings is 1. The number of benzene rings is 2. The van der Waals surface area contributed by atoms with Crippen LogP contribution in [-0.2, 0) is 0 Å². The lowest BCUT2D eigenvalue weighted by molar-refractivity contribution is 0.102. The van der Waals surface area contributed by atoms with E-state index in [0.717, 1.165) is 16.0 Å². The van der Waals surface area contributed by atoms with Crippen molar-refractivity contribution in [3.63, 3.8) is 0 Å². The fourth-order valence-corrected chi connectivity index (χ4v) is 3.68. The van der Waals surface area contributed by atoms with E-state index in [1.807, 2.05) is 31.2 Å². The fourth-order valence-electron chi connectivity index (χ4n) is 2.79. The Labute approximate surface area is 170 Å². The number of nitriles is 1. The van der Waals surface area contributed by atoms with Gasteiger partial charge >= 0.3 is 0 Å². The summed E-state index contributed by atoms with van der Waals surface area (Å²) in [5.74, 6) is 0.756. The summed E-state index contributed by atoms with van der Waals surface area (Å²) in [5.41, 5.74) is 8.12. The van der Waals surface area contributed by atoms with Crippen molar-refractivity contribution >= 4 is 38.4 Å². The number of hydrogen-bond acceptors (Lipinski definition) is 7. The largest absolute Gasteiger partial charge is 0.494 e. The third kappa shape index (κ3) is 3.61. The van der Waals surface area contributed by atoms with E-state index < -0.39 is 0 Å². The van der Waals surface area contributed by atoms with Gasteiger partial charge in [0.1, 0.15) is 23.2 Å². The second-order valence-electron chi connectivity index (χ2n) is 6.05. The molecule has 0 saturated carbocycles. The highest BCUT2D eigenvalue weighted by atomic mass is 32.1. The Morgan fingerprint density at radius 2 is 2.10 bits per heavy atom. The number of carbonyl (C=O) groups excluding carboxylic acids is 1. The monoisotopic (exact) mass is 404 g/mol. The van der Waals surface area contributed by atoms with Gasteiger partial charge in [-0.05, 0) is 49.4 Å². The Morgan fingerprint density at radius 1 is 1.31 bits per heavy atom. The number of anilines is 2. The van der Waals surface area contributed by atoms with Crippen LogP contribution in [0.1, 0.15) is 22.8 Å². The molecule has 0 aliphatic heterocycles. The number of nitrogens with one attached hydrogen (secondary N) is 1. The molecule has 29 heavy (non-hydrogen) atoms. The van der Waals surface area contributed by atoms with Crippen LogP contribution in [0, 0.1) is 11.3 Å². The van der Waals surface area contributed by atoms with Gasteiger partial charge in [0, 0.05) is 5.56 Å². The highest BCUT2D eigenvalue weighted by Gasteiger charge is 2.12. The van der Waals surface area contributed by atoms with Crippen LogP contribution in [0.2, 0.25) is 0 Å². The van der Waals surface area contributed by atoms with Gasteiger partial charge < -0.3 is 10.5 Å². The summed E-state index contributed by atoms with van der Waals surface area (Å²) < 4.78 is 7.88. The number of rotatable bonds is 5. The molecular weight excluding hydrogens is 388 g/mol. The normalized spacial score (nSPS) is 10.6. The molecule has 1 amide bonds. The summed E-state index contributed by atoms with van der Waals surface area (Å²) in [6.07, 6.45) is 1.40. The molecular formula is C20H16N6O2S. The van der Waals surface area contributed by atoms with E-state index in [9.17, 15) is 4.79 Å². The van der Waals surface area contributed by atoms with Gasteiger partial charge in [-0.2, -0.15) is 10.4 Å². The Morgan fingerprint density at radius 3 is 2.79 bits per heavy atom. The number of aromatic nitrogens is 3. The van der Waals surface area contributed by atoms with E-state index in [0.29, 0.717) is 28.6 Å². The van der Waals surface area contributed by atoms with Crippen molar-refractivity contribution in [1.82, 2.24) is 14.8 Å².